The third-order valence-corrected chi connectivity index (χ3v) is 1.97. The fourth-order valence-corrected chi connectivity index (χ4v) is 0.841. The minimum absolute atomic E-state index is 0.912. The second-order valence-corrected chi connectivity index (χ2v) is 2.52. The number of rotatable bonds is 0. The third kappa shape index (κ3) is 0.777. The number of halogens is 1. The predicted molar refractivity (Wildman–Crippen MR) is 35.8 cm³/mol. The Hall–Kier alpha value is -0.310. The Morgan fingerprint density at radius 3 is 2.25 bits per heavy atom. The molecule has 44 valence electrons. The first kappa shape index (κ1) is 5.82. The molecule has 0 radical (unpaired) electrons. The smallest absolute Gasteiger partial charge is 0.131 e. The molecule has 0 unspecified atom stereocenters. The molecular weight excluding hydrogens is 168 g/mol. The quantitative estimate of drug-likeness (QED) is 0.639. The van der Waals surface area contributed by atoms with Crippen LogP contribution in [0.15, 0.2) is 4.60 Å². The van der Waals surface area contributed by atoms with E-state index in [-0.39, 0.29) is 0 Å². The Morgan fingerprint density at radius 2 is 2.12 bits per heavy atom. The van der Waals surface area contributed by atoms with E-state index in [2.05, 4.69) is 26.1 Å². The van der Waals surface area contributed by atoms with Gasteiger partial charge in [-0.3, -0.25) is 5.10 Å². The molecule has 0 aliphatic heterocycles. The van der Waals surface area contributed by atoms with E-state index < -0.39 is 0 Å². The molecule has 1 aromatic rings. The topological polar surface area (TPSA) is 28.7 Å². The van der Waals surface area contributed by atoms with Gasteiger partial charge in [0.05, 0.1) is 0 Å². The normalized spacial score (nSPS) is 9.88. The van der Waals surface area contributed by atoms with E-state index in [1.165, 1.54) is 5.56 Å². The lowest BCUT2D eigenvalue weighted by molar-refractivity contribution is 1.03. The van der Waals surface area contributed by atoms with Crippen LogP contribution in [0.1, 0.15) is 11.3 Å². The predicted octanol–water partition coefficient (Wildman–Crippen LogP) is 1.79. The maximum atomic E-state index is 3.91. The molecule has 0 saturated carbocycles. The summed E-state index contributed by atoms with van der Waals surface area (Å²) in [4.78, 5) is 0. The molecule has 3 heteroatoms. The van der Waals surface area contributed by atoms with E-state index in [0.717, 1.165) is 10.3 Å². The van der Waals surface area contributed by atoms with Crippen LogP contribution >= 0.6 is 15.9 Å². The number of aromatic amines is 1. The lowest BCUT2D eigenvalue weighted by Crippen LogP contribution is -1.71. The summed E-state index contributed by atoms with van der Waals surface area (Å²) in [6, 6.07) is 0. The molecule has 0 saturated heterocycles. The van der Waals surface area contributed by atoms with Gasteiger partial charge in [-0.25, -0.2) is 0 Å². The zero-order valence-corrected chi connectivity index (χ0v) is 6.41. The SMILES string of the molecule is Cc1[nH]nc(Br)c1C. The summed E-state index contributed by atoms with van der Waals surface area (Å²) < 4.78 is 0.912. The van der Waals surface area contributed by atoms with Crippen molar-refractivity contribution >= 4 is 15.9 Å². The Bertz CT molecular complexity index is 173. The van der Waals surface area contributed by atoms with Crippen LogP contribution in [0.5, 0.6) is 0 Å². The van der Waals surface area contributed by atoms with Crippen molar-refractivity contribution in [3.63, 3.8) is 0 Å². The lowest BCUT2D eigenvalue weighted by Gasteiger charge is -1.82. The number of aromatic nitrogens is 2. The highest BCUT2D eigenvalue weighted by atomic mass is 79.9. The summed E-state index contributed by atoms with van der Waals surface area (Å²) in [5, 5.41) is 6.75. The molecule has 2 nitrogen and oxygen atoms in total. The molecule has 1 N–H and O–H groups in total. The minimum Gasteiger partial charge on any atom is -0.281 e. The molecular formula is C5H7BrN2. The van der Waals surface area contributed by atoms with E-state index in [1.807, 2.05) is 13.8 Å². The Morgan fingerprint density at radius 1 is 1.50 bits per heavy atom. The average molecular weight is 175 g/mol. The first-order valence-corrected chi connectivity index (χ1v) is 3.18. The Balaban J connectivity index is 3.19. The highest BCUT2D eigenvalue weighted by Crippen LogP contribution is 2.13. The largest absolute Gasteiger partial charge is 0.281 e. The van der Waals surface area contributed by atoms with Gasteiger partial charge in [-0.05, 0) is 29.8 Å². The van der Waals surface area contributed by atoms with E-state index >= 15 is 0 Å². The summed E-state index contributed by atoms with van der Waals surface area (Å²) in [6.07, 6.45) is 0. The summed E-state index contributed by atoms with van der Waals surface area (Å²) in [6.45, 7) is 4.01. The van der Waals surface area contributed by atoms with Gasteiger partial charge in [-0.2, -0.15) is 5.10 Å². The number of nitrogens with zero attached hydrogens (tertiary/aromatic N) is 1. The monoisotopic (exact) mass is 174 g/mol. The Labute approximate surface area is 56.4 Å². The molecule has 0 atom stereocenters. The van der Waals surface area contributed by atoms with Gasteiger partial charge in [0.15, 0.2) is 0 Å². The van der Waals surface area contributed by atoms with Crippen molar-refractivity contribution in [2.75, 3.05) is 0 Å². The van der Waals surface area contributed by atoms with Crippen molar-refractivity contribution in [3.8, 4) is 0 Å². The second-order valence-electron chi connectivity index (χ2n) is 1.76. The number of H-pyrrole nitrogens is 1. The molecule has 1 rings (SSSR count). The summed E-state index contributed by atoms with van der Waals surface area (Å²) in [7, 11) is 0. The molecule has 1 aromatic heterocycles. The van der Waals surface area contributed by atoms with Gasteiger partial charge < -0.3 is 0 Å². The van der Waals surface area contributed by atoms with Gasteiger partial charge in [0.2, 0.25) is 0 Å². The van der Waals surface area contributed by atoms with Crippen molar-refractivity contribution in [1.82, 2.24) is 10.2 Å². The van der Waals surface area contributed by atoms with Gasteiger partial charge in [-0.15, -0.1) is 0 Å². The average Bonchev–Trinajstić information content (AvgIpc) is 1.98. The van der Waals surface area contributed by atoms with Crippen LogP contribution in [0.3, 0.4) is 0 Å². The minimum atomic E-state index is 0.912. The molecule has 0 amide bonds. The van der Waals surface area contributed by atoms with Crippen molar-refractivity contribution in [1.29, 1.82) is 0 Å². The van der Waals surface area contributed by atoms with Gasteiger partial charge in [0.25, 0.3) is 0 Å². The van der Waals surface area contributed by atoms with E-state index in [1.54, 1.807) is 0 Å². The maximum absolute atomic E-state index is 3.91. The van der Waals surface area contributed by atoms with Crippen LogP contribution < -0.4 is 0 Å². The van der Waals surface area contributed by atoms with Crippen LogP contribution in [0.4, 0.5) is 0 Å². The fourth-order valence-electron chi connectivity index (χ4n) is 0.455. The number of nitrogens with one attached hydrogen (secondary N) is 1. The first-order valence-electron chi connectivity index (χ1n) is 2.39. The highest BCUT2D eigenvalue weighted by Gasteiger charge is 1.98. The third-order valence-electron chi connectivity index (χ3n) is 1.19. The number of aryl methyl sites for hydroxylation is 1. The van der Waals surface area contributed by atoms with Crippen LogP contribution in [-0.2, 0) is 0 Å². The highest BCUT2D eigenvalue weighted by molar-refractivity contribution is 9.10. The molecule has 0 aliphatic carbocycles. The van der Waals surface area contributed by atoms with Crippen molar-refractivity contribution in [2.45, 2.75) is 13.8 Å². The van der Waals surface area contributed by atoms with Crippen LogP contribution in [0, 0.1) is 13.8 Å². The maximum Gasteiger partial charge on any atom is 0.131 e. The van der Waals surface area contributed by atoms with Gasteiger partial charge in [0, 0.05) is 11.3 Å². The van der Waals surface area contributed by atoms with E-state index in [0.29, 0.717) is 0 Å². The molecule has 1 heterocycles. The standard InChI is InChI=1S/C5H7BrN2/c1-3-4(2)7-8-5(3)6/h1-2H3,(H,7,8). The molecule has 0 aliphatic rings. The summed E-state index contributed by atoms with van der Waals surface area (Å²) >= 11 is 3.27. The van der Waals surface area contributed by atoms with E-state index in [9.17, 15) is 0 Å². The van der Waals surface area contributed by atoms with E-state index in [4.69, 9.17) is 0 Å². The van der Waals surface area contributed by atoms with Crippen LogP contribution in [-0.4, -0.2) is 10.2 Å². The zero-order valence-electron chi connectivity index (χ0n) is 4.83. The molecule has 0 spiro atoms. The zero-order chi connectivity index (χ0) is 6.15. The van der Waals surface area contributed by atoms with Gasteiger partial charge in [0.1, 0.15) is 4.60 Å². The van der Waals surface area contributed by atoms with Crippen LogP contribution in [0.25, 0.3) is 0 Å². The lowest BCUT2D eigenvalue weighted by atomic mass is 10.3. The van der Waals surface area contributed by atoms with Crippen molar-refractivity contribution in [3.05, 3.63) is 15.9 Å². The summed E-state index contributed by atoms with van der Waals surface area (Å²) in [5.41, 5.74) is 2.31. The number of hydrogen-bond donors (Lipinski definition) is 1. The second kappa shape index (κ2) is 1.90. The fraction of sp³-hybridized carbons (Fsp3) is 0.400. The van der Waals surface area contributed by atoms with Crippen LogP contribution in [0.2, 0.25) is 0 Å². The first-order chi connectivity index (χ1) is 3.72. The molecule has 0 aromatic carbocycles. The van der Waals surface area contributed by atoms with Gasteiger partial charge in [-0.1, -0.05) is 0 Å². The Kier molecular flexibility index (Phi) is 1.38. The van der Waals surface area contributed by atoms with Crippen molar-refractivity contribution in [2.24, 2.45) is 0 Å². The van der Waals surface area contributed by atoms with Gasteiger partial charge >= 0.3 is 0 Å². The molecule has 0 bridgehead atoms. The molecule has 0 fully saturated rings. The molecule has 8 heavy (non-hydrogen) atoms. The van der Waals surface area contributed by atoms with Crippen molar-refractivity contribution < 1.29 is 0 Å². The summed E-state index contributed by atoms with van der Waals surface area (Å²) in [5.74, 6) is 0. The number of hydrogen-bond acceptors (Lipinski definition) is 1.